The number of carbonyl (C=O) groups excluding carboxylic acids is 1. The molecule has 0 saturated carbocycles. The number of carboxylic acids is 1. The first-order valence-corrected chi connectivity index (χ1v) is 10.1. The third-order valence-electron chi connectivity index (χ3n) is 5.06. The summed E-state index contributed by atoms with van der Waals surface area (Å²) in [5.74, 6) is -1.12. The lowest BCUT2D eigenvalue weighted by molar-refractivity contribution is -0.139. The van der Waals surface area contributed by atoms with Gasteiger partial charge >= 0.3 is 12.1 Å². The number of aliphatic carboxylic acids is 1. The topological polar surface area (TPSA) is 87.6 Å². The average molecular weight is 419 g/mol. The van der Waals surface area contributed by atoms with E-state index in [1.54, 1.807) is 37.8 Å². The van der Waals surface area contributed by atoms with Gasteiger partial charge in [-0.05, 0) is 44.5 Å². The minimum Gasteiger partial charge on any atom is -0.480 e. The summed E-state index contributed by atoms with van der Waals surface area (Å²) in [6.07, 6.45) is 2.88. The number of fused-ring (bicyclic) bond motifs is 2. The normalized spacial score (nSPS) is 12.7. The van der Waals surface area contributed by atoms with Crippen molar-refractivity contribution in [3.63, 3.8) is 0 Å². The molecule has 0 aliphatic carbocycles. The first-order chi connectivity index (χ1) is 14.7. The minimum absolute atomic E-state index is 0.116. The van der Waals surface area contributed by atoms with E-state index in [1.165, 1.54) is 5.01 Å². The van der Waals surface area contributed by atoms with Gasteiger partial charge in [0.25, 0.3) is 0 Å². The molecule has 160 valence electrons. The van der Waals surface area contributed by atoms with Gasteiger partial charge in [0, 0.05) is 35.1 Å². The van der Waals surface area contributed by atoms with E-state index in [0.29, 0.717) is 0 Å². The molecule has 2 heterocycles. The minimum atomic E-state index is -1.18. The molecule has 4 rings (SSSR count). The highest BCUT2D eigenvalue weighted by atomic mass is 16.6. The number of amides is 1. The fraction of sp³-hybridized carbons (Fsp3) is 0.250. The van der Waals surface area contributed by atoms with Crippen molar-refractivity contribution in [2.24, 2.45) is 0 Å². The number of carbonyl (C=O) groups is 2. The first-order valence-electron chi connectivity index (χ1n) is 10.1. The van der Waals surface area contributed by atoms with Crippen molar-refractivity contribution in [1.29, 1.82) is 0 Å². The zero-order valence-electron chi connectivity index (χ0n) is 17.7. The molecule has 0 spiro atoms. The van der Waals surface area contributed by atoms with E-state index in [1.807, 2.05) is 54.6 Å². The Morgan fingerprint density at radius 1 is 1.10 bits per heavy atom. The van der Waals surface area contributed by atoms with Crippen molar-refractivity contribution in [3.05, 3.63) is 72.6 Å². The maximum atomic E-state index is 13.3. The molecule has 7 nitrogen and oxygen atoms in total. The van der Waals surface area contributed by atoms with Crippen molar-refractivity contribution in [3.8, 4) is 0 Å². The summed E-state index contributed by atoms with van der Waals surface area (Å²) in [6.45, 7) is 5.27. The number of nitrogens with zero attached hydrogens (tertiary/aromatic N) is 2. The SMILES string of the molecule is CC(C)(C)OC(=O)N(C(Cc1c[nH]c2ccccc12)C(=O)O)n1ccc2ccccc21. The second-order valence-corrected chi connectivity index (χ2v) is 8.46. The van der Waals surface area contributed by atoms with Gasteiger partial charge in [0.2, 0.25) is 0 Å². The van der Waals surface area contributed by atoms with Crippen molar-refractivity contribution in [1.82, 2.24) is 9.66 Å². The number of H-pyrrole nitrogens is 1. The summed E-state index contributed by atoms with van der Waals surface area (Å²) in [5.41, 5.74) is 1.67. The molecular weight excluding hydrogens is 394 g/mol. The highest BCUT2D eigenvalue weighted by Gasteiger charge is 2.35. The molecule has 1 unspecified atom stereocenters. The van der Waals surface area contributed by atoms with Crippen LogP contribution in [-0.4, -0.2) is 38.5 Å². The van der Waals surface area contributed by atoms with Gasteiger partial charge in [0.15, 0.2) is 6.04 Å². The zero-order valence-corrected chi connectivity index (χ0v) is 17.7. The lowest BCUT2D eigenvalue weighted by Gasteiger charge is -2.32. The summed E-state index contributed by atoms with van der Waals surface area (Å²) in [6, 6.07) is 15.8. The maximum Gasteiger partial charge on any atom is 0.430 e. The third kappa shape index (κ3) is 4.12. The van der Waals surface area contributed by atoms with E-state index in [0.717, 1.165) is 27.4 Å². The number of benzene rings is 2. The fourth-order valence-corrected chi connectivity index (χ4v) is 3.72. The van der Waals surface area contributed by atoms with Gasteiger partial charge in [-0.15, -0.1) is 0 Å². The monoisotopic (exact) mass is 419 g/mol. The van der Waals surface area contributed by atoms with Crippen LogP contribution in [0.1, 0.15) is 26.3 Å². The van der Waals surface area contributed by atoms with Crippen LogP contribution in [0.4, 0.5) is 4.79 Å². The van der Waals surface area contributed by atoms with Gasteiger partial charge in [0.05, 0.1) is 5.52 Å². The van der Waals surface area contributed by atoms with Gasteiger partial charge in [-0.1, -0.05) is 36.4 Å². The third-order valence-corrected chi connectivity index (χ3v) is 5.06. The predicted octanol–water partition coefficient (Wildman–Crippen LogP) is 4.69. The molecule has 4 aromatic rings. The van der Waals surface area contributed by atoms with Crippen LogP contribution in [0.25, 0.3) is 21.8 Å². The van der Waals surface area contributed by atoms with Crippen LogP contribution in [0.15, 0.2) is 67.0 Å². The maximum absolute atomic E-state index is 13.3. The molecule has 31 heavy (non-hydrogen) atoms. The van der Waals surface area contributed by atoms with Crippen molar-refractivity contribution >= 4 is 33.9 Å². The number of aromatic nitrogens is 2. The number of nitrogens with one attached hydrogen (secondary N) is 1. The number of ether oxygens (including phenoxy) is 1. The lowest BCUT2D eigenvalue weighted by atomic mass is 10.0. The molecular formula is C24H25N3O4. The van der Waals surface area contributed by atoms with Crippen molar-refractivity contribution in [2.75, 3.05) is 5.01 Å². The molecule has 0 radical (unpaired) electrons. The summed E-state index contributed by atoms with van der Waals surface area (Å²) in [4.78, 5) is 28.9. The van der Waals surface area contributed by atoms with Crippen LogP contribution in [0.3, 0.4) is 0 Å². The first kappa shape index (κ1) is 20.5. The van der Waals surface area contributed by atoms with E-state index >= 15 is 0 Å². The molecule has 2 N–H and O–H groups in total. The molecule has 7 heteroatoms. The standard InChI is InChI=1S/C24H25N3O4/c1-24(2,3)31-23(30)27(26-13-12-16-8-4-7-11-20(16)26)21(22(28)29)14-17-15-25-19-10-6-5-9-18(17)19/h4-13,15,21,25H,14H2,1-3H3,(H,28,29). The summed E-state index contributed by atoms with van der Waals surface area (Å²) >= 11 is 0. The number of para-hydroxylation sites is 2. The number of hydrogen-bond donors (Lipinski definition) is 2. The molecule has 0 aliphatic rings. The molecule has 0 saturated heterocycles. The highest BCUT2D eigenvalue weighted by molar-refractivity contribution is 5.92. The number of aromatic amines is 1. The van der Waals surface area contributed by atoms with Crippen LogP contribution in [-0.2, 0) is 16.0 Å². The molecule has 0 fully saturated rings. The Hall–Kier alpha value is -3.74. The smallest absolute Gasteiger partial charge is 0.430 e. The molecule has 0 bridgehead atoms. The van der Waals surface area contributed by atoms with Crippen LogP contribution in [0.5, 0.6) is 0 Å². The molecule has 2 aromatic carbocycles. The second-order valence-electron chi connectivity index (χ2n) is 8.46. The average Bonchev–Trinajstić information content (AvgIpc) is 3.31. The van der Waals surface area contributed by atoms with E-state index in [4.69, 9.17) is 4.74 Å². The lowest BCUT2D eigenvalue weighted by Crippen LogP contribution is -2.54. The van der Waals surface area contributed by atoms with Gasteiger partial charge in [-0.2, -0.15) is 5.01 Å². The van der Waals surface area contributed by atoms with Crippen LogP contribution >= 0.6 is 0 Å². The fourth-order valence-electron chi connectivity index (χ4n) is 3.72. The summed E-state index contributed by atoms with van der Waals surface area (Å²) in [5, 5.41) is 13.2. The largest absolute Gasteiger partial charge is 0.480 e. The Morgan fingerprint density at radius 3 is 2.55 bits per heavy atom. The van der Waals surface area contributed by atoms with Gasteiger partial charge < -0.3 is 14.8 Å². The Bertz CT molecular complexity index is 1250. The number of rotatable bonds is 5. The number of carboxylic acid groups (broad SMARTS) is 1. The Balaban J connectivity index is 1.81. The van der Waals surface area contributed by atoms with E-state index in [9.17, 15) is 14.7 Å². The molecule has 1 amide bonds. The Morgan fingerprint density at radius 2 is 1.81 bits per heavy atom. The van der Waals surface area contributed by atoms with E-state index < -0.39 is 23.7 Å². The second kappa shape index (κ2) is 7.83. The van der Waals surface area contributed by atoms with Gasteiger partial charge in [0.1, 0.15) is 5.60 Å². The Labute approximate surface area is 179 Å². The van der Waals surface area contributed by atoms with Crippen molar-refractivity contribution < 1.29 is 19.4 Å². The van der Waals surface area contributed by atoms with Crippen molar-refractivity contribution in [2.45, 2.75) is 38.8 Å². The van der Waals surface area contributed by atoms with Crippen LogP contribution in [0.2, 0.25) is 0 Å². The summed E-state index contributed by atoms with van der Waals surface area (Å²) < 4.78 is 7.17. The van der Waals surface area contributed by atoms with Crippen LogP contribution in [0, 0.1) is 0 Å². The quantitative estimate of drug-likeness (QED) is 0.491. The van der Waals surface area contributed by atoms with E-state index in [-0.39, 0.29) is 6.42 Å². The molecule has 2 aromatic heterocycles. The van der Waals surface area contributed by atoms with Gasteiger partial charge in [-0.3, -0.25) is 4.68 Å². The predicted molar refractivity (Wildman–Crippen MR) is 120 cm³/mol. The molecule has 1 atom stereocenters. The molecule has 0 aliphatic heterocycles. The summed E-state index contributed by atoms with van der Waals surface area (Å²) in [7, 11) is 0. The number of hydrogen-bond acceptors (Lipinski definition) is 3. The van der Waals surface area contributed by atoms with Gasteiger partial charge in [-0.25, -0.2) is 9.59 Å². The highest BCUT2D eigenvalue weighted by Crippen LogP contribution is 2.24. The Kier molecular flexibility index (Phi) is 5.19. The zero-order chi connectivity index (χ0) is 22.2. The van der Waals surface area contributed by atoms with Crippen LogP contribution < -0.4 is 5.01 Å². The van der Waals surface area contributed by atoms with E-state index in [2.05, 4.69) is 4.98 Å².